The third kappa shape index (κ3) is 4.48. The molecule has 2 nitrogen and oxygen atoms in total. The molecule has 1 aromatic carbocycles. The molecular formula is C15H19ClN2S2. The van der Waals surface area contributed by atoms with Crippen LogP contribution in [0.5, 0.6) is 0 Å². The first-order valence-corrected chi connectivity index (χ1v) is 9.31. The Bertz CT molecular complexity index is 542. The van der Waals surface area contributed by atoms with Crippen molar-refractivity contribution in [2.24, 2.45) is 0 Å². The van der Waals surface area contributed by atoms with Crippen LogP contribution in [0.25, 0.3) is 10.6 Å². The Labute approximate surface area is 134 Å². The maximum absolute atomic E-state index is 5.81. The summed E-state index contributed by atoms with van der Waals surface area (Å²) in [5, 5.41) is 3.08. The van der Waals surface area contributed by atoms with E-state index in [-0.39, 0.29) is 0 Å². The van der Waals surface area contributed by atoms with E-state index in [1.165, 1.54) is 16.9 Å². The van der Waals surface area contributed by atoms with E-state index in [4.69, 9.17) is 11.6 Å². The van der Waals surface area contributed by atoms with Gasteiger partial charge in [0.25, 0.3) is 0 Å². The predicted octanol–water partition coefficient (Wildman–Crippen LogP) is 4.34. The number of nitrogens with zero attached hydrogens (tertiary/aromatic N) is 2. The molecule has 0 radical (unpaired) electrons. The maximum atomic E-state index is 5.81. The second-order valence-electron chi connectivity index (χ2n) is 4.71. The SMILES string of the molecule is CSCCN(C)Cc1cccc(-c2nc(CCl)cs2)c1. The molecule has 2 rings (SSSR count). The summed E-state index contributed by atoms with van der Waals surface area (Å²) in [5.41, 5.74) is 3.46. The van der Waals surface area contributed by atoms with Gasteiger partial charge in [-0.15, -0.1) is 22.9 Å². The molecular weight excluding hydrogens is 308 g/mol. The second kappa shape index (κ2) is 8.03. The van der Waals surface area contributed by atoms with Crippen LogP contribution < -0.4 is 0 Å². The molecule has 0 saturated heterocycles. The van der Waals surface area contributed by atoms with Crippen LogP contribution in [0.3, 0.4) is 0 Å². The van der Waals surface area contributed by atoms with E-state index >= 15 is 0 Å². The lowest BCUT2D eigenvalue weighted by Gasteiger charge is -2.16. The van der Waals surface area contributed by atoms with Crippen LogP contribution in [-0.2, 0) is 12.4 Å². The molecule has 0 bridgehead atoms. The van der Waals surface area contributed by atoms with E-state index in [2.05, 4.69) is 47.5 Å². The number of hydrogen-bond donors (Lipinski definition) is 0. The van der Waals surface area contributed by atoms with Crippen LogP contribution in [0.15, 0.2) is 29.6 Å². The number of thioether (sulfide) groups is 1. The fourth-order valence-electron chi connectivity index (χ4n) is 1.94. The first-order valence-electron chi connectivity index (χ1n) is 6.50. The van der Waals surface area contributed by atoms with Gasteiger partial charge in [0.2, 0.25) is 0 Å². The number of thiazole rings is 1. The van der Waals surface area contributed by atoms with Crippen LogP contribution in [0.2, 0.25) is 0 Å². The van der Waals surface area contributed by atoms with Gasteiger partial charge in [-0.05, 0) is 24.9 Å². The summed E-state index contributed by atoms with van der Waals surface area (Å²) in [5.74, 6) is 1.65. The average Bonchev–Trinajstić information content (AvgIpc) is 2.94. The second-order valence-corrected chi connectivity index (χ2v) is 6.82. The van der Waals surface area contributed by atoms with E-state index in [0.29, 0.717) is 5.88 Å². The van der Waals surface area contributed by atoms with Gasteiger partial charge in [0.15, 0.2) is 0 Å². The third-order valence-corrected chi connectivity index (χ3v) is 4.80. The minimum atomic E-state index is 0.480. The van der Waals surface area contributed by atoms with Gasteiger partial charge in [0, 0.05) is 29.8 Å². The van der Waals surface area contributed by atoms with Crippen LogP contribution in [0.4, 0.5) is 0 Å². The van der Waals surface area contributed by atoms with Gasteiger partial charge in [0.05, 0.1) is 11.6 Å². The van der Waals surface area contributed by atoms with Crippen LogP contribution in [-0.4, -0.2) is 35.5 Å². The molecule has 0 aliphatic rings. The van der Waals surface area contributed by atoms with E-state index in [0.717, 1.165) is 23.8 Å². The average molecular weight is 327 g/mol. The van der Waals surface area contributed by atoms with Crippen molar-refractivity contribution < 1.29 is 0 Å². The zero-order valence-corrected chi connectivity index (χ0v) is 14.2. The fourth-order valence-corrected chi connectivity index (χ4v) is 3.48. The van der Waals surface area contributed by atoms with Crippen LogP contribution in [0, 0.1) is 0 Å². The summed E-state index contributed by atoms with van der Waals surface area (Å²) in [7, 11) is 2.16. The largest absolute Gasteiger partial charge is 0.301 e. The van der Waals surface area contributed by atoms with Gasteiger partial charge in [0.1, 0.15) is 5.01 Å². The number of hydrogen-bond acceptors (Lipinski definition) is 4. The molecule has 0 atom stereocenters. The summed E-state index contributed by atoms with van der Waals surface area (Å²) >= 11 is 9.35. The Kier molecular flexibility index (Phi) is 6.36. The summed E-state index contributed by atoms with van der Waals surface area (Å²) in [4.78, 5) is 6.89. The number of rotatable bonds is 7. The van der Waals surface area contributed by atoms with Crippen molar-refractivity contribution in [2.45, 2.75) is 12.4 Å². The molecule has 5 heteroatoms. The first kappa shape index (κ1) is 15.8. The molecule has 0 unspecified atom stereocenters. The lowest BCUT2D eigenvalue weighted by molar-refractivity contribution is 0.349. The van der Waals surface area contributed by atoms with E-state index < -0.39 is 0 Å². The third-order valence-electron chi connectivity index (χ3n) is 2.99. The van der Waals surface area contributed by atoms with Crippen LogP contribution in [0.1, 0.15) is 11.3 Å². The number of benzene rings is 1. The highest BCUT2D eigenvalue weighted by Gasteiger charge is 2.06. The number of aromatic nitrogens is 1. The molecule has 1 aromatic heterocycles. The van der Waals surface area contributed by atoms with Crippen molar-refractivity contribution in [3.05, 3.63) is 40.9 Å². The highest BCUT2D eigenvalue weighted by Crippen LogP contribution is 2.25. The predicted molar refractivity (Wildman–Crippen MR) is 91.8 cm³/mol. The number of halogens is 1. The van der Waals surface area contributed by atoms with Gasteiger partial charge in [-0.2, -0.15) is 11.8 Å². The summed E-state index contributed by atoms with van der Waals surface area (Å²) in [6, 6.07) is 8.62. The Morgan fingerprint density at radius 2 is 2.25 bits per heavy atom. The van der Waals surface area contributed by atoms with Crippen LogP contribution >= 0.6 is 34.7 Å². The topological polar surface area (TPSA) is 16.1 Å². The monoisotopic (exact) mass is 326 g/mol. The molecule has 0 aliphatic carbocycles. The molecule has 20 heavy (non-hydrogen) atoms. The van der Waals surface area contributed by atoms with Crippen molar-refractivity contribution in [2.75, 3.05) is 25.6 Å². The molecule has 1 heterocycles. The normalized spacial score (nSPS) is 11.2. The van der Waals surface area contributed by atoms with Gasteiger partial charge in [-0.3, -0.25) is 0 Å². The highest BCUT2D eigenvalue weighted by molar-refractivity contribution is 7.98. The Balaban J connectivity index is 2.07. The van der Waals surface area contributed by atoms with Gasteiger partial charge < -0.3 is 4.90 Å². The zero-order valence-electron chi connectivity index (χ0n) is 11.8. The quantitative estimate of drug-likeness (QED) is 0.704. The van der Waals surface area contributed by atoms with Gasteiger partial charge in [-0.1, -0.05) is 18.2 Å². The summed E-state index contributed by atoms with van der Waals surface area (Å²) in [6.45, 7) is 2.08. The Morgan fingerprint density at radius 1 is 1.40 bits per heavy atom. The maximum Gasteiger partial charge on any atom is 0.123 e. The smallest absolute Gasteiger partial charge is 0.123 e. The minimum absolute atomic E-state index is 0.480. The van der Waals surface area contributed by atoms with E-state index in [9.17, 15) is 0 Å². The number of alkyl halides is 1. The van der Waals surface area contributed by atoms with E-state index in [1.807, 2.05) is 17.1 Å². The highest BCUT2D eigenvalue weighted by atomic mass is 35.5. The molecule has 0 saturated carbocycles. The molecule has 0 fully saturated rings. The van der Waals surface area contributed by atoms with Crippen molar-refractivity contribution in [3.8, 4) is 10.6 Å². The molecule has 0 spiro atoms. The van der Waals surface area contributed by atoms with Crippen molar-refractivity contribution >= 4 is 34.7 Å². The molecule has 0 amide bonds. The lowest BCUT2D eigenvalue weighted by atomic mass is 10.1. The molecule has 2 aromatic rings. The Hall–Kier alpha value is -0.550. The molecule has 108 valence electrons. The van der Waals surface area contributed by atoms with Gasteiger partial charge in [-0.25, -0.2) is 4.98 Å². The van der Waals surface area contributed by atoms with Crippen molar-refractivity contribution in [1.82, 2.24) is 9.88 Å². The lowest BCUT2D eigenvalue weighted by Crippen LogP contribution is -2.20. The van der Waals surface area contributed by atoms with E-state index in [1.54, 1.807) is 11.3 Å². The van der Waals surface area contributed by atoms with Crippen molar-refractivity contribution in [1.29, 1.82) is 0 Å². The zero-order chi connectivity index (χ0) is 14.4. The standard InChI is InChI=1S/C15H19ClN2S2/c1-18(6-7-19-2)10-12-4-3-5-13(8-12)15-17-14(9-16)11-20-15/h3-5,8,11H,6-7,9-10H2,1-2H3. The molecule has 0 N–H and O–H groups in total. The summed E-state index contributed by atoms with van der Waals surface area (Å²) < 4.78 is 0. The summed E-state index contributed by atoms with van der Waals surface area (Å²) in [6.07, 6.45) is 2.14. The van der Waals surface area contributed by atoms with Crippen molar-refractivity contribution in [3.63, 3.8) is 0 Å². The minimum Gasteiger partial charge on any atom is -0.301 e. The van der Waals surface area contributed by atoms with Gasteiger partial charge >= 0.3 is 0 Å². The molecule has 0 aliphatic heterocycles. The fraction of sp³-hybridized carbons (Fsp3) is 0.400. The first-order chi connectivity index (χ1) is 9.72. The Morgan fingerprint density at radius 3 is 2.95 bits per heavy atom.